The van der Waals surface area contributed by atoms with Crippen LogP contribution in [0.3, 0.4) is 0 Å². The average molecular weight is 939 g/mol. The molecule has 376 valence electrons. The molecule has 0 bridgehead atoms. The van der Waals surface area contributed by atoms with Crippen molar-refractivity contribution in [1.29, 1.82) is 0 Å². The number of ether oxygens (including phenoxy) is 12. The summed E-state index contributed by atoms with van der Waals surface area (Å²) < 4.78 is 64.3. The van der Waals surface area contributed by atoms with Gasteiger partial charge in [0.1, 0.15) is 19.8 Å². The number of hydrogen-bond acceptors (Lipinski definition) is 19. The van der Waals surface area contributed by atoms with E-state index in [1.54, 1.807) is 0 Å². The van der Waals surface area contributed by atoms with Crippen LogP contribution in [0.4, 0.5) is 0 Å². The van der Waals surface area contributed by atoms with E-state index in [-0.39, 0.29) is 96.6 Å². The van der Waals surface area contributed by atoms with Gasteiger partial charge in [0, 0.05) is 55.6 Å². The monoisotopic (exact) mass is 939 g/mol. The van der Waals surface area contributed by atoms with Crippen molar-refractivity contribution in [3.05, 3.63) is 20.9 Å². The minimum atomic E-state index is -0.744. The van der Waals surface area contributed by atoms with Crippen molar-refractivity contribution in [2.45, 2.75) is 38.1 Å². The number of carbonyl (C=O) groups excluding carboxylic acids is 4. The molecule has 0 aromatic heterocycles. The van der Waals surface area contributed by atoms with Gasteiger partial charge in [-0.2, -0.15) is 0 Å². The Kier molecular flexibility index (Phi) is 48.2. The molecule has 0 rings (SSSR count). The lowest BCUT2D eigenvalue weighted by Gasteiger charge is -2.18. The zero-order valence-electron chi connectivity index (χ0n) is 37.9. The Morgan fingerprint density at radius 2 is 0.831 bits per heavy atom. The van der Waals surface area contributed by atoms with Crippen molar-refractivity contribution in [3.63, 3.8) is 0 Å². The van der Waals surface area contributed by atoms with Crippen LogP contribution in [0.1, 0.15) is 32.1 Å². The van der Waals surface area contributed by atoms with Crippen LogP contribution in [-0.4, -0.2) is 221 Å². The Hall–Kier alpha value is -3.82. The predicted octanol–water partition coefficient (Wildman–Crippen LogP) is 0.00170. The number of nitrogens with zero attached hydrogens (tertiary/aromatic N) is 6. The summed E-state index contributed by atoms with van der Waals surface area (Å²) in [5.74, 6) is -1.14. The number of Topliss-reactive ketones (excluding diaryl/α,β-unsaturated/α-hetero) is 1. The second-order valence-electron chi connectivity index (χ2n) is 13.3. The second kappa shape index (κ2) is 51.2. The van der Waals surface area contributed by atoms with Crippen LogP contribution < -0.4 is 21.7 Å². The highest BCUT2D eigenvalue weighted by Crippen LogP contribution is 2.07. The summed E-state index contributed by atoms with van der Waals surface area (Å²) in [4.78, 5) is 55.2. The molecule has 0 aliphatic carbocycles. The molecule has 0 radical (unpaired) electrons. The smallest absolute Gasteiger partial charge is 0.246 e. The van der Waals surface area contributed by atoms with Gasteiger partial charge in [0.15, 0.2) is 5.78 Å². The molecule has 3 amide bonds. The number of carbonyl (C=O) groups is 4. The van der Waals surface area contributed by atoms with Gasteiger partial charge in [0.2, 0.25) is 17.7 Å². The summed E-state index contributed by atoms with van der Waals surface area (Å²) in [6.45, 7) is 8.04. The molecule has 5 N–H and O–H groups in total. The Bertz CT molecular complexity index is 1250. The van der Waals surface area contributed by atoms with Gasteiger partial charge in [0.25, 0.3) is 0 Å². The Labute approximate surface area is 381 Å². The zero-order valence-corrected chi connectivity index (χ0v) is 37.9. The number of unbranched alkanes of at least 4 members (excludes halogenated alkanes) is 1. The lowest BCUT2D eigenvalue weighted by molar-refractivity contribution is -0.131. The third-order valence-electron chi connectivity index (χ3n) is 7.98. The molecule has 0 aliphatic heterocycles. The van der Waals surface area contributed by atoms with Crippen LogP contribution in [0, 0.1) is 0 Å². The molecule has 0 saturated carbocycles. The highest BCUT2D eigenvalue weighted by molar-refractivity contribution is 5.89. The summed E-state index contributed by atoms with van der Waals surface area (Å²) in [5.41, 5.74) is 21.8. The van der Waals surface area contributed by atoms with Crippen LogP contribution in [-0.2, 0) is 76.0 Å². The Morgan fingerprint density at radius 3 is 1.29 bits per heavy atom. The SMILES string of the molecule is [N-]=[N+]=NCCOCCOCCOCCCC(=O)[C@H](CCCCNC(=O)COCCOCCOCCN=[N+]=[N-])NC(=O)COCCOCCOCCNC(=O)COCCOCCOCCN. The van der Waals surface area contributed by atoms with Gasteiger partial charge in [-0.15, -0.1) is 0 Å². The first-order chi connectivity index (χ1) is 31.9. The van der Waals surface area contributed by atoms with E-state index in [1.165, 1.54) is 0 Å². The van der Waals surface area contributed by atoms with E-state index in [1.807, 2.05) is 0 Å². The molecular weight excluding hydrogens is 864 g/mol. The van der Waals surface area contributed by atoms with Crippen molar-refractivity contribution in [2.24, 2.45) is 16.0 Å². The van der Waals surface area contributed by atoms with Gasteiger partial charge in [-0.05, 0) is 36.7 Å². The first kappa shape index (κ1) is 61.2. The average Bonchev–Trinajstić information content (AvgIpc) is 3.30. The van der Waals surface area contributed by atoms with E-state index in [9.17, 15) is 19.2 Å². The third kappa shape index (κ3) is 47.9. The molecule has 0 unspecified atom stereocenters. The molecule has 26 nitrogen and oxygen atoms in total. The van der Waals surface area contributed by atoms with Gasteiger partial charge < -0.3 is 78.5 Å². The minimum Gasteiger partial charge on any atom is -0.379 e. The quantitative estimate of drug-likeness (QED) is 0.0270. The first-order valence-electron chi connectivity index (χ1n) is 21.9. The molecule has 0 fully saturated rings. The fourth-order valence-corrected chi connectivity index (χ4v) is 4.88. The predicted molar refractivity (Wildman–Crippen MR) is 233 cm³/mol. The van der Waals surface area contributed by atoms with E-state index in [0.29, 0.717) is 144 Å². The number of azide groups is 2. The van der Waals surface area contributed by atoms with Crippen LogP contribution in [0.25, 0.3) is 20.9 Å². The van der Waals surface area contributed by atoms with E-state index in [0.717, 1.165) is 0 Å². The van der Waals surface area contributed by atoms with Crippen molar-refractivity contribution in [1.82, 2.24) is 16.0 Å². The number of ketones is 1. The van der Waals surface area contributed by atoms with Gasteiger partial charge in [-0.3, -0.25) is 19.2 Å². The van der Waals surface area contributed by atoms with Crippen LogP contribution in [0.15, 0.2) is 10.2 Å². The molecule has 0 aromatic rings. The van der Waals surface area contributed by atoms with Gasteiger partial charge in [-0.25, -0.2) is 0 Å². The maximum Gasteiger partial charge on any atom is 0.246 e. The third-order valence-corrected chi connectivity index (χ3v) is 7.98. The Balaban J connectivity index is 4.29. The van der Waals surface area contributed by atoms with E-state index in [2.05, 4.69) is 36.0 Å². The summed E-state index contributed by atoms with van der Waals surface area (Å²) in [6.07, 6.45) is 2.13. The summed E-state index contributed by atoms with van der Waals surface area (Å²) >= 11 is 0. The van der Waals surface area contributed by atoms with E-state index >= 15 is 0 Å². The number of hydrogen-bond donors (Lipinski definition) is 4. The number of amides is 3. The summed E-state index contributed by atoms with van der Waals surface area (Å²) in [5, 5.41) is 15.0. The number of nitrogens with two attached hydrogens (primary N) is 1. The van der Waals surface area contributed by atoms with Crippen LogP contribution >= 0.6 is 0 Å². The van der Waals surface area contributed by atoms with E-state index in [4.69, 9.17) is 73.6 Å². The lowest BCUT2D eigenvalue weighted by Crippen LogP contribution is -2.42. The Morgan fingerprint density at radius 1 is 0.446 bits per heavy atom. The van der Waals surface area contributed by atoms with Gasteiger partial charge >= 0.3 is 0 Å². The second-order valence-corrected chi connectivity index (χ2v) is 13.3. The number of nitrogens with one attached hydrogen (secondary N) is 3. The maximum absolute atomic E-state index is 13.2. The van der Waals surface area contributed by atoms with Crippen LogP contribution in [0.2, 0.25) is 0 Å². The summed E-state index contributed by atoms with van der Waals surface area (Å²) in [6, 6.07) is -0.744. The zero-order chi connectivity index (χ0) is 47.4. The molecule has 0 aliphatic rings. The van der Waals surface area contributed by atoms with Crippen LogP contribution in [0.5, 0.6) is 0 Å². The normalized spacial score (nSPS) is 11.4. The highest BCUT2D eigenvalue weighted by Gasteiger charge is 2.20. The van der Waals surface area contributed by atoms with Crippen molar-refractivity contribution >= 4 is 23.5 Å². The molecule has 1 atom stereocenters. The molecule has 65 heavy (non-hydrogen) atoms. The topological polar surface area (TPSA) is 339 Å². The van der Waals surface area contributed by atoms with Crippen molar-refractivity contribution < 1.29 is 76.0 Å². The fourth-order valence-electron chi connectivity index (χ4n) is 4.88. The van der Waals surface area contributed by atoms with Gasteiger partial charge in [0.05, 0.1) is 138 Å². The maximum atomic E-state index is 13.2. The largest absolute Gasteiger partial charge is 0.379 e. The van der Waals surface area contributed by atoms with Gasteiger partial charge in [-0.1, -0.05) is 10.2 Å². The fraction of sp³-hybridized carbons (Fsp3) is 0.897. The number of rotatable bonds is 52. The first-order valence-corrected chi connectivity index (χ1v) is 21.9. The standard InChI is InChI=1S/C39H74N10O16/c40-6-12-55-17-22-60-26-30-64-33-38(52)44-8-13-56-18-23-61-28-31-65-34-39(53)47-35(36(50)5-3-11-54-16-21-59-24-19-57-14-9-45-48-41)4-1-2-7-43-37(51)32-63-29-27-62-25-20-58-15-10-46-49-42/h35H,1-34,40H2,(H,43,51)(H,44,52)(H,47,53)/t35-/m0/s1. The van der Waals surface area contributed by atoms with E-state index < -0.39 is 11.9 Å². The molecule has 0 spiro atoms. The molecular formula is C39H74N10O16. The minimum absolute atomic E-state index is 0.0827. The molecule has 0 aromatic carbocycles. The molecule has 0 saturated heterocycles. The van der Waals surface area contributed by atoms with Crippen molar-refractivity contribution in [2.75, 3.05) is 191 Å². The highest BCUT2D eigenvalue weighted by atomic mass is 16.6. The lowest BCUT2D eigenvalue weighted by atomic mass is 10.0. The molecule has 0 heterocycles. The molecule has 26 heteroatoms. The summed E-state index contributed by atoms with van der Waals surface area (Å²) in [7, 11) is 0. The van der Waals surface area contributed by atoms with Crippen molar-refractivity contribution in [3.8, 4) is 0 Å².